The number of carbonyl (C=O) groups is 1. The monoisotopic (exact) mass is 548 g/mol. The summed E-state index contributed by atoms with van der Waals surface area (Å²) in [5.74, 6) is 0.120. The fourth-order valence-electron chi connectivity index (χ4n) is 4.15. The van der Waals surface area contributed by atoms with Gasteiger partial charge in [-0.05, 0) is 69.0 Å². The molecule has 0 atom stereocenters. The molecule has 1 aliphatic rings. The molecule has 0 unspecified atom stereocenters. The zero-order valence-electron chi connectivity index (χ0n) is 21.3. The molecule has 1 heterocycles. The minimum Gasteiger partial charge on any atom is -0.294 e. The molecule has 1 aliphatic carbocycles. The topological polar surface area (TPSA) is 84.3 Å². The smallest absolute Gasteiger partial charge is 0.243 e. The summed E-state index contributed by atoms with van der Waals surface area (Å²) in [5, 5.41) is 3.31. The number of carbonyl (C=O) groups excluding carboxylic acids is 1. The fourth-order valence-corrected chi connectivity index (χ4v) is 5.75. The Kier molecular flexibility index (Phi) is 7.38. The molecule has 1 saturated carbocycles. The standard InChI is InChI=1S/C29H29ClN4O3S/c1-20-3-9-23(10-4-20)27-18-34(25-13-5-21(2)6-14-25)29(31-27)32-28(35)19-33(17-22-7-8-22)38(36,37)26-15-11-24(30)12-16-26/h3-6,9-16,18,22H,7-8,17,19H2,1-2H3,(H,31,32,35). The average Bonchev–Trinajstić information content (AvgIpc) is 3.62. The lowest BCUT2D eigenvalue weighted by atomic mass is 10.1. The van der Waals surface area contributed by atoms with Gasteiger partial charge in [0.05, 0.1) is 17.1 Å². The van der Waals surface area contributed by atoms with Crippen molar-refractivity contribution in [1.29, 1.82) is 0 Å². The predicted octanol–water partition coefficient (Wildman–Crippen LogP) is 5.85. The van der Waals surface area contributed by atoms with Crippen LogP contribution in [0.1, 0.15) is 24.0 Å². The molecule has 0 bridgehead atoms. The number of nitrogens with one attached hydrogen (secondary N) is 1. The Morgan fingerprint density at radius 2 is 1.58 bits per heavy atom. The Bertz CT molecular complexity index is 1540. The third-order valence-electron chi connectivity index (χ3n) is 6.55. The summed E-state index contributed by atoms with van der Waals surface area (Å²) in [6, 6.07) is 21.9. The maximum atomic E-state index is 13.4. The first-order valence-corrected chi connectivity index (χ1v) is 14.3. The van der Waals surface area contributed by atoms with E-state index in [2.05, 4.69) is 5.32 Å². The van der Waals surface area contributed by atoms with E-state index in [1.165, 1.54) is 28.6 Å². The van der Waals surface area contributed by atoms with Crippen molar-refractivity contribution in [3.05, 3.63) is 95.1 Å². The van der Waals surface area contributed by atoms with E-state index in [0.29, 0.717) is 23.2 Å². The van der Waals surface area contributed by atoms with Crippen LogP contribution in [-0.2, 0) is 14.8 Å². The third-order valence-corrected chi connectivity index (χ3v) is 8.62. The van der Waals surface area contributed by atoms with Gasteiger partial charge in [0.15, 0.2) is 0 Å². The van der Waals surface area contributed by atoms with Gasteiger partial charge in [0.25, 0.3) is 0 Å². The van der Waals surface area contributed by atoms with Crippen LogP contribution in [0, 0.1) is 19.8 Å². The molecule has 7 nitrogen and oxygen atoms in total. The van der Waals surface area contributed by atoms with Gasteiger partial charge >= 0.3 is 0 Å². The maximum Gasteiger partial charge on any atom is 0.243 e. The van der Waals surface area contributed by atoms with Gasteiger partial charge < -0.3 is 0 Å². The van der Waals surface area contributed by atoms with E-state index in [9.17, 15) is 13.2 Å². The SMILES string of the molecule is Cc1ccc(-c2cn(-c3ccc(C)cc3)c(NC(=O)CN(CC3CC3)S(=O)(=O)c3ccc(Cl)cc3)n2)cc1. The number of aromatic nitrogens is 2. The lowest BCUT2D eigenvalue weighted by molar-refractivity contribution is -0.116. The minimum atomic E-state index is -3.88. The van der Waals surface area contributed by atoms with Crippen molar-refractivity contribution in [2.45, 2.75) is 31.6 Å². The van der Waals surface area contributed by atoms with Crippen molar-refractivity contribution in [2.75, 3.05) is 18.4 Å². The van der Waals surface area contributed by atoms with E-state index in [4.69, 9.17) is 16.6 Å². The summed E-state index contributed by atoms with van der Waals surface area (Å²) in [6.07, 6.45) is 3.77. The molecule has 1 amide bonds. The van der Waals surface area contributed by atoms with Gasteiger partial charge in [-0.3, -0.25) is 14.7 Å². The number of amides is 1. The van der Waals surface area contributed by atoms with E-state index in [-0.39, 0.29) is 17.4 Å². The highest BCUT2D eigenvalue weighted by atomic mass is 35.5. The molecule has 5 rings (SSSR count). The summed E-state index contributed by atoms with van der Waals surface area (Å²) in [7, 11) is -3.88. The van der Waals surface area contributed by atoms with Crippen molar-refractivity contribution >= 4 is 33.5 Å². The highest BCUT2D eigenvalue weighted by molar-refractivity contribution is 7.89. The molecule has 9 heteroatoms. The van der Waals surface area contributed by atoms with Gasteiger partial charge in [0.2, 0.25) is 21.9 Å². The summed E-state index contributed by atoms with van der Waals surface area (Å²) in [4.78, 5) is 18.1. The number of aryl methyl sites for hydroxylation is 2. The Hall–Kier alpha value is -3.46. The van der Waals surface area contributed by atoms with Gasteiger partial charge in [-0.15, -0.1) is 0 Å². The van der Waals surface area contributed by atoms with Crippen molar-refractivity contribution < 1.29 is 13.2 Å². The van der Waals surface area contributed by atoms with Crippen molar-refractivity contribution in [3.63, 3.8) is 0 Å². The molecule has 3 aromatic carbocycles. The predicted molar refractivity (Wildman–Crippen MR) is 150 cm³/mol. The second kappa shape index (κ2) is 10.7. The molecule has 1 N–H and O–H groups in total. The number of rotatable bonds is 9. The van der Waals surface area contributed by atoms with Gasteiger partial charge in [0.1, 0.15) is 0 Å². The normalized spacial score (nSPS) is 13.6. The molecule has 4 aromatic rings. The summed E-state index contributed by atoms with van der Waals surface area (Å²) < 4.78 is 29.9. The zero-order chi connectivity index (χ0) is 26.9. The van der Waals surface area contributed by atoms with Crippen LogP contribution in [0.2, 0.25) is 5.02 Å². The molecule has 38 heavy (non-hydrogen) atoms. The second-order valence-electron chi connectivity index (χ2n) is 9.76. The quantitative estimate of drug-likeness (QED) is 0.284. The van der Waals surface area contributed by atoms with E-state index >= 15 is 0 Å². The second-order valence-corrected chi connectivity index (χ2v) is 12.1. The van der Waals surface area contributed by atoms with Crippen LogP contribution < -0.4 is 5.32 Å². The van der Waals surface area contributed by atoms with Gasteiger partial charge in [-0.1, -0.05) is 59.1 Å². The molecular formula is C29H29ClN4O3S. The molecule has 1 fully saturated rings. The summed E-state index contributed by atoms with van der Waals surface area (Å²) in [5.41, 5.74) is 4.70. The number of imidazole rings is 1. The lowest BCUT2D eigenvalue weighted by Gasteiger charge is -2.22. The molecule has 1 aromatic heterocycles. The van der Waals surface area contributed by atoms with E-state index in [1.807, 2.05) is 73.1 Å². The van der Waals surface area contributed by atoms with Crippen LogP contribution in [-0.4, -0.2) is 41.3 Å². The van der Waals surface area contributed by atoms with Gasteiger partial charge in [-0.25, -0.2) is 13.4 Å². The number of nitrogens with zero attached hydrogens (tertiary/aromatic N) is 3. The van der Waals surface area contributed by atoms with Gasteiger partial charge in [-0.2, -0.15) is 4.31 Å². The lowest BCUT2D eigenvalue weighted by Crippen LogP contribution is -2.39. The largest absolute Gasteiger partial charge is 0.294 e. The van der Waals surface area contributed by atoms with Gasteiger partial charge in [0, 0.05) is 29.0 Å². The fraction of sp³-hybridized carbons (Fsp3) is 0.241. The summed E-state index contributed by atoms with van der Waals surface area (Å²) in [6.45, 7) is 4.00. The average molecular weight is 549 g/mol. The van der Waals surface area contributed by atoms with E-state index in [1.54, 1.807) is 0 Å². The third kappa shape index (κ3) is 5.99. The number of anilines is 1. The van der Waals surface area contributed by atoms with Crippen LogP contribution >= 0.6 is 11.6 Å². The molecule has 196 valence electrons. The minimum absolute atomic E-state index is 0.109. The first kappa shape index (κ1) is 26.2. The zero-order valence-corrected chi connectivity index (χ0v) is 22.8. The number of sulfonamides is 1. The first-order valence-electron chi connectivity index (χ1n) is 12.5. The maximum absolute atomic E-state index is 13.4. The highest BCUT2D eigenvalue weighted by Crippen LogP contribution is 2.32. The Morgan fingerprint density at radius 1 is 0.974 bits per heavy atom. The molecular weight excluding hydrogens is 520 g/mol. The molecule has 0 saturated heterocycles. The molecule has 0 radical (unpaired) electrons. The molecule has 0 aliphatic heterocycles. The van der Waals surface area contributed by atoms with E-state index in [0.717, 1.165) is 35.2 Å². The van der Waals surface area contributed by atoms with Crippen LogP contribution in [0.25, 0.3) is 16.9 Å². The summed E-state index contributed by atoms with van der Waals surface area (Å²) >= 11 is 5.96. The number of hydrogen-bond donors (Lipinski definition) is 1. The van der Waals surface area contributed by atoms with E-state index < -0.39 is 15.9 Å². The van der Waals surface area contributed by atoms with Crippen molar-refractivity contribution in [3.8, 4) is 16.9 Å². The highest BCUT2D eigenvalue weighted by Gasteiger charge is 2.33. The number of hydrogen-bond acceptors (Lipinski definition) is 4. The van der Waals surface area contributed by atoms with Crippen LogP contribution in [0.4, 0.5) is 5.95 Å². The molecule has 0 spiro atoms. The Labute approximate surface area is 228 Å². The van der Waals surface area contributed by atoms with Crippen LogP contribution in [0.3, 0.4) is 0 Å². The Morgan fingerprint density at radius 3 is 2.18 bits per heavy atom. The van der Waals surface area contributed by atoms with Crippen molar-refractivity contribution in [2.24, 2.45) is 5.92 Å². The number of benzene rings is 3. The van der Waals surface area contributed by atoms with Crippen molar-refractivity contribution in [1.82, 2.24) is 13.9 Å². The number of halogens is 1. The first-order chi connectivity index (χ1) is 18.2. The van der Waals surface area contributed by atoms with Crippen LogP contribution in [0.5, 0.6) is 0 Å². The Balaban J connectivity index is 1.43. The van der Waals surface area contributed by atoms with Crippen LogP contribution in [0.15, 0.2) is 83.9 Å².